The molecular formula is C11H22N4OS. The molecule has 6 heteroatoms. The Balaban J connectivity index is 2.21. The summed E-state index contributed by atoms with van der Waals surface area (Å²) in [6.07, 6.45) is 4.95. The number of hydrogen-bond acceptors (Lipinski definition) is 6. The van der Waals surface area contributed by atoms with Gasteiger partial charge in [-0.05, 0) is 12.3 Å². The van der Waals surface area contributed by atoms with E-state index >= 15 is 0 Å². The Hall–Kier alpha value is -0.720. The number of hydrazine groups is 1. The number of nitrogens with one attached hydrogen (secondary N) is 1. The van der Waals surface area contributed by atoms with E-state index in [4.69, 9.17) is 10.6 Å². The van der Waals surface area contributed by atoms with Gasteiger partial charge in [-0.2, -0.15) is 0 Å². The van der Waals surface area contributed by atoms with Crippen LogP contribution in [0.2, 0.25) is 0 Å². The van der Waals surface area contributed by atoms with Crippen LogP contribution in [0.5, 0.6) is 0 Å². The maximum atomic E-state index is 5.67. The van der Waals surface area contributed by atoms with Gasteiger partial charge >= 0.3 is 0 Å². The molecule has 98 valence electrons. The van der Waals surface area contributed by atoms with E-state index in [1.165, 1.54) is 37.0 Å². The second kappa shape index (κ2) is 8.38. The van der Waals surface area contributed by atoms with Crippen LogP contribution in [-0.2, 0) is 11.3 Å². The monoisotopic (exact) mass is 258 g/mol. The molecule has 17 heavy (non-hydrogen) atoms. The third-order valence-electron chi connectivity index (χ3n) is 2.71. The molecule has 1 rings (SSSR count). The van der Waals surface area contributed by atoms with Crippen molar-refractivity contribution >= 4 is 16.5 Å². The van der Waals surface area contributed by atoms with Gasteiger partial charge in [-0.1, -0.05) is 44.4 Å². The largest absolute Gasteiger partial charge is 0.374 e. The molecule has 1 heterocycles. The molecule has 0 saturated heterocycles. The number of ether oxygens (including phenoxy) is 1. The Kier molecular flexibility index (Phi) is 7.07. The number of rotatable bonds is 9. The molecule has 0 radical (unpaired) electrons. The van der Waals surface area contributed by atoms with Crippen molar-refractivity contribution in [3.8, 4) is 0 Å². The number of nitrogen functional groups attached to an aromatic ring is 1. The van der Waals surface area contributed by atoms with Crippen LogP contribution < -0.4 is 11.3 Å². The fourth-order valence-corrected chi connectivity index (χ4v) is 2.17. The van der Waals surface area contributed by atoms with Gasteiger partial charge < -0.3 is 4.74 Å². The van der Waals surface area contributed by atoms with Gasteiger partial charge in [0.25, 0.3) is 0 Å². The predicted octanol–water partition coefficient (Wildman–Crippen LogP) is 2.56. The second-order valence-electron chi connectivity index (χ2n) is 4.08. The summed E-state index contributed by atoms with van der Waals surface area (Å²) in [5, 5.41) is 9.32. The quantitative estimate of drug-likeness (QED) is 0.526. The molecule has 1 unspecified atom stereocenters. The van der Waals surface area contributed by atoms with Crippen molar-refractivity contribution < 1.29 is 4.74 Å². The Morgan fingerprint density at radius 1 is 1.41 bits per heavy atom. The van der Waals surface area contributed by atoms with Gasteiger partial charge in [0, 0.05) is 6.61 Å². The van der Waals surface area contributed by atoms with Gasteiger partial charge in [-0.3, -0.25) is 5.43 Å². The number of nitrogens with two attached hydrogens (primary N) is 1. The average Bonchev–Trinajstić information content (AvgIpc) is 2.81. The van der Waals surface area contributed by atoms with E-state index in [1.807, 2.05) is 0 Å². The standard InChI is InChI=1S/C11H22N4OS/c1-3-5-6-9(4-2)7-16-8-10-14-15-11(13-12)17-10/h9H,3-8,12H2,1-2H3,(H,13,15). The van der Waals surface area contributed by atoms with Crippen molar-refractivity contribution in [2.24, 2.45) is 11.8 Å². The highest BCUT2D eigenvalue weighted by atomic mass is 32.1. The molecule has 0 aromatic carbocycles. The third kappa shape index (κ3) is 5.43. The maximum Gasteiger partial charge on any atom is 0.219 e. The molecule has 0 aliphatic carbocycles. The van der Waals surface area contributed by atoms with Crippen LogP contribution in [0.3, 0.4) is 0 Å². The van der Waals surface area contributed by atoms with Crippen LogP contribution in [-0.4, -0.2) is 16.8 Å². The van der Waals surface area contributed by atoms with E-state index in [0.717, 1.165) is 11.6 Å². The van der Waals surface area contributed by atoms with Crippen molar-refractivity contribution in [1.82, 2.24) is 10.2 Å². The van der Waals surface area contributed by atoms with E-state index in [1.54, 1.807) is 0 Å². The van der Waals surface area contributed by atoms with E-state index in [9.17, 15) is 0 Å². The third-order valence-corrected chi connectivity index (χ3v) is 3.54. The topological polar surface area (TPSA) is 73.1 Å². The normalized spacial score (nSPS) is 12.6. The lowest BCUT2D eigenvalue weighted by molar-refractivity contribution is 0.0815. The number of unbranched alkanes of at least 4 members (excludes halogenated alkanes) is 1. The zero-order valence-corrected chi connectivity index (χ0v) is 11.4. The molecule has 0 amide bonds. The van der Waals surface area contributed by atoms with E-state index < -0.39 is 0 Å². The summed E-state index contributed by atoms with van der Waals surface area (Å²) >= 11 is 1.43. The first-order valence-corrected chi connectivity index (χ1v) is 6.98. The van der Waals surface area contributed by atoms with Crippen LogP contribution >= 0.6 is 11.3 Å². The van der Waals surface area contributed by atoms with Crippen LogP contribution in [0.25, 0.3) is 0 Å². The van der Waals surface area contributed by atoms with Crippen LogP contribution in [0.4, 0.5) is 5.13 Å². The molecule has 1 atom stereocenters. The second-order valence-corrected chi connectivity index (χ2v) is 5.14. The lowest BCUT2D eigenvalue weighted by atomic mass is 10.0. The van der Waals surface area contributed by atoms with Crippen molar-refractivity contribution in [3.63, 3.8) is 0 Å². The lowest BCUT2D eigenvalue weighted by Gasteiger charge is -2.13. The molecule has 5 nitrogen and oxygen atoms in total. The summed E-state index contributed by atoms with van der Waals surface area (Å²) in [7, 11) is 0. The van der Waals surface area contributed by atoms with Crippen molar-refractivity contribution in [1.29, 1.82) is 0 Å². The first kappa shape index (κ1) is 14.3. The minimum Gasteiger partial charge on any atom is -0.374 e. The molecule has 3 N–H and O–H groups in total. The molecule has 0 spiro atoms. The summed E-state index contributed by atoms with van der Waals surface area (Å²) in [6, 6.07) is 0. The minimum atomic E-state index is 0.530. The van der Waals surface area contributed by atoms with Crippen LogP contribution in [0.15, 0.2) is 0 Å². The number of nitrogens with zero attached hydrogens (tertiary/aromatic N) is 2. The molecule has 0 bridgehead atoms. The van der Waals surface area contributed by atoms with E-state index in [-0.39, 0.29) is 0 Å². The number of aromatic nitrogens is 2. The van der Waals surface area contributed by atoms with Gasteiger partial charge in [0.1, 0.15) is 11.6 Å². The molecule has 1 aromatic rings. The van der Waals surface area contributed by atoms with Crippen molar-refractivity contribution in [2.45, 2.75) is 46.1 Å². The van der Waals surface area contributed by atoms with Gasteiger partial charge in [-0.25, -0.2) is 5.84 Å². The Morgan fingerprint density at radius 3 is 2.82 bits per heavy atom. The fourth-order valence-electron chi connectivity index (χ4n) is 1.58. The molecule has 1 aromatic heterocycles. The highest BCUT2D eigenvalue weighted by Gasteiger charge is 2.07. The predicted molar refractivity (Wildman–Crippen MR) is 70.7 cm³/mol. The highest BCUT2D eigenvalue weighted by Crippen LogP contribution is 2.17. The summed E-state index contributed by atoms with van der Waals surface area (Å²) < 4.78 is 5.67. The highest BCUT2D eigenvalue weighted by molar-refractivity contribution is 7.15. The van der Waals surface area contributed by atoms with Gasteiger partial charge in [0.15, 0.2) is 0 Å². The summed E-state index contributed by atoms with van der Waals surface area (Å²) in [6.45, 7) is 5.77. The van der Waals surface area contributed by atoms with Crippen LogP contribution in [0, 0.1) is 5.92 Å². The van der Waals surface area contributed by atoms with Gasteiger partial charge in [0.05, 0.1) is 0 Å². The summed E-state index contributed by atoms with van der Waals surface area (Å²) in [5.41, 5.74) is 2.47. The number of hydrogen-bond donors (Lipinski definition) is 2. The van der Waals surface area contributed by atoms with E-state index in [0.29, 0.717) is 17.7 Å². The first-order chi connectivity index (χ1) is 8.30. The zero-order valence-electron chi connectivity index (χ0n) is 10.6. The molecule has 0 aliphatic rings. The Labute approximate surface area is 107 Å². The lowest BCUT2D eigenvalue weighted by Crippen LogP contribution is -2.08. The molecule has 0 saturated carbocycles. The smallest absolute Gasteiger partial charge is 0.219 e. The van der Waals surface area contributed by atoms with E-state index in [2.05, 4.69) is 29.5 Å². The molecular weight excluding hydrogens is 236 g/mol. The van der Waals surface area contributed by atoms with Crippen LogP contribution in [0.1, 0.15) is 44.5 Å². The fraction of sp³-hybridized carbons (Fsp3) is 0.818. The maximum absolute atomic E-state index is 5.67. The molecule has 0 aliphatic heterocycles. The Bertz CT molecular complexity index is 305. The van der Waals surface area contributed by atoms with Crippen molar-refractivity contribution in [3.05, 3.63) is 5.01 Å². The van der Waals surface area contributed by atoms with Gasteiger partial charge in [0.2, 0.25) is 5.13 Å². The minimum absolute atomic E-state index is 0.530. The summed E-state index contributed by atoms with van der Waals surface area (Å²) in [5.74, 6) is 5.90. The summed E-state index contributed by atoms with van der Waals surface area (Å²) in [4.78, 5) is 0. The molecule has 0 fully saturated rings. The first-order valence-electron chi connectivity index (χ1n) is 6.16. The number of anilines is 1. The zero-order chi connectivity index (χ0) is 12.5. The average molecular weight is 258 g/mol. The Morgan fingerprint density at radius 2 is 2.24 bits per heavy atom. The SMILES string of the molecule is CCCCC(CC)COCc1nnc(NN)s1. The van der Waals surface area contributed by atoms with Crippen molar-refractivity contribution in [2.75, 3.05) is 12.0 Å². The van der Waals surface area contributed by atoms with Gasteiger partial charge in [-0.15, -0.1) is 10.2 Å².